The first-order valence-electron chi connectivity index (χ1n) is 7.30. The Hall–Kier alpha value is -1.56. The second-order valence-corrected chi connectivity index (χ2v) is 5.17. The number of nitrogens with one attached hydrogen (secondary N) is 1. The van der Waals surface area contributed by atoms with E-state index in [9.17, 15) is 0 Å². The molecule has 1 aliphatic rings. The van der Waals surface area contributed by atoms with E-state index in [2.05, 4.69) is 22.2 Å². The van der Waals surface area contributed by atoms with Crippen LogP contribution in [0.1, 0.15) is 33.1 Å². The summed E-state index contributed by atoms with van der Waals surface area (Å²) in [6.45, 7) is 6.48. The lowest BCUT2D eigenvalue weighted by molar-refractivity contribution is 0.0622. The molecule has 1 atom stereocenters. The Morgan fingerprint density at radius 1 is 1.45 bits per heavy atom. The van der Waals surface area contributed by atoms with E-state index >= 15 is 0 Å². The Kier molecular flexibility index (Phi) is 5.40. The van der Waals surface area contributed by atoms with Crippen LogP contribution in [0.5, 0.6) is 5.88 Å². The molecule has 0 aromatic carbocycles. The van der Waals surface area contributed by atoms with Crippen molar-refractivity contribution < 1.29 is 9.47 Å². The fourth-order valence-electron chi connectivity index (χ4n) is 2.36. The Balaban J connectivity index is 2.00. The highest BCUT2D eigenvalue weighted by molar-refractivity contribution is 5.66. The van der Waals surface area contributed by atoms with Gasteiger partial charge >= 0.3 is 0 Å². The zero-order chi connectivity index (χ0) is 14.4. The van der Waals surface area contributed by atoms with Gasteiger partial charge in [0.1, 0.15) is 12.0 Å². The summed E-state index contributed by atoms with van der Waals surface area (Å²) in [5.41, 5.74) is 6.55. The van der Waals surface area contributed by atoms with Crippen LogP contribution in [0.4, 0.5) is 11.5 Å². The predicted molar refractivity (Wildman–Crippen MR) is 78.9 cm³/mol. The molecule has 1 aromatic heterocycles. The zero-order valence-corrected chi connectivity index (χ0v) is 12.3. The van der Waals surface area contributed by atoms with Crippen LogP contribution in [-0.4, -0.2) is 35.8 Å². The first kappa shape index (κ1) is 14.8. The number of ether oxygens (including phenoxy) is 2. The quantitative estimate of drug-likeness (QED) is 0.830. The average molecular weight is 280 g/mol. The lowest BCUT2D eigenvalue weighted by Crippen LogP contribution is -2.31. The lowest BCUT2D eigenvalue weighted by Gasteiger charge is -2.29. The molecule has 112 valence electrons. The molecule has 1 unspecified atom stereocenters. The van der Waals surface area contributed by atoms with Crippen LogP contribution in [0.3, 0.4) is 0 Å². The molecule has 1 aromatic rings. The fraction of sp³-hybridized carbons (Fsp3) is 0.714. The summed E-state index contributed by atoms with van der Waals surface area (Å²) in [7, 11) is 0. The minimum Gasteiger partial charge on any atom is -0.476 e. The molecule has 1 saturated heterocycles. The number of aromatic nitrogens is 2. The maximum atomic E-state index is 6.06. The van der Waals surface area contributed by atoms with E-state index < -0.39 is 0 Å². The van der Waals surface area contributed by atoms with Crippen LogP contribution in [0.15, 0.2) is 6.33 Å². The van der Waals surface area contributed by atoms with Crippen molar-refractivity contribution in [2.24, 2.45) is 5.92 Å². The number of hydrogen-bond donors (Lipinski definition) is 2. The van der Waals surface area contributed by atoms with Gasteiger partial charge in [-0.1, -0.05) is 6.92 Å². The van der Waals surface area contributed by atoms with Crippen molar-refractivity contribution in [1.82, 2.24) is 9.97 Å². The van der Waals surface area contributed by atoms with Crippen molar-refractivity contribution in [2.75, 3.05) is 30.9 Å². The first-order chi connectivity index (χ1) is 9.72. The van der Waals surface area contributed by atoms with E-state index in [0.29, 0.717) is 36.0 Å². The molecule has 0 radical (unpaired) electrons. The van der Waals surface area contributed by atoms with E-state index in [-0.39, 0.29) is 0 Å². The van der Waals surface area contributed by atoms with Crippen LogP contribution in [0.25, 0.3) is 0 Å². The molecule has 2 rings (SSSR count). The van der Waals surface area contributed by atoms with Gasteiger partial charge in [-0.3, -0.25) is 0 Å². The van der Waals surface area contributed by atoms with Crippen LogP contribution in [0, 0.1) is 5.92 Å². The summed E-state index contributed by atoms with van der Waals surface area (Å²) in [4.78, 5) is 8.30. The monoisotopic (exact) mass is 280 g/mol. The molecular weight excluding hydrogens is 256 g/mol. The number of nitrogens with zero attached hydrogens (tertiary/aromatic N) is 2. The van der Waals surface area contributed by atoms with Gasteiger partial charge in [-0.25, -0.2) is 4.98 Å². The minimum atomic E-state index is 0.301. The topological polar surface area (TPSA) is 82.3 Å². The summed E-state index contributed by atoms with van der Waals surface area (Å²) >= 11 is 0. The van der Waals surface area contributed by atoms with Gasteiger partial charge < -0.3 is 20.5 Å². The minimum absolute atomic E-state index is 0.301. The van der Waals surface area contributed by atoms with Gasteiger partial charge in [0, 0.05) is 19.3 Å². The van der Waals surface area contributed by atoms with E-state index in [1.54, 1.807) is 0 Å². The third-order valence-corrected chi connectivity index (χ3v) is 3.63. The third kappa shape index (κ3) is 3.72. The molecule has 0 spiro atoms. The molecule has 2 heterocycles. The highest BCUT2D eigenvalue weighted by atomic mass is 16.5. The SMILES string of the molecule is CCCOc1ncnc(NC(C)C2CCOCC2)c1N. The summed E-state index contributed by atoms with van der Waals surface area (Å²) in [5, 5.41) is 3.39. The van der Waals surface area contributed by atoms with E-state index in [4.69, 9.17) is 15.2 Å². The summed E-state index contributed by atoms with van der Waals surface area (Å²) in [6.07, 6.45) is 4.54. The van der Waals surface area contributed by atoms with Gasteiger partial charge in [-0.2, -0.15) is 4.98 Å². The number of hydrogen-bond acceptors (Lipinski definition) is 6. The van der Waals surface area contributed by atoms with E-state index in [0.717, 1.165) is 32.5 Å². The standard InChI is InChI=1S/C14H24N4O2/c1-3-6-20-14-12(15)13(16-9-17-14)18-10(2)11-4-7-19-8-5-11/h9-11H,3-8,15H2,1-2H3,(H,16,17,18). The van der Waals surface area contributed by atoms with Crippen molar-refractivity contribution in [1.29, 1.82) is 0 Å². The summed E-state index contributed by atoms with van der Waals surface area (Å²) in [6, 6.07) is 0.301. The maximum absolute atomic E-state index is 6.06. The third-order valence-electron chi connectivity index (χ3n) is 3.63. The van der Waals surface area contributed by atoms with Crippen molar-refractivity contribution in [2.45, 2.75) is 39.2 Å². The normalized spacial score (nSPS) is 17.7. The molecule has 0 aliphatic carbocycles. The Morgan fingerprint density at radius 2 is 2.20 bits per heavy atom. The first-order valence-corrected chi connectivity index (χ1v) is 7.30. The maximum Gasteiger partial charge on any atom is 0.242 e. The average Bonchev–Trinajstić information content (AvgIpc) is 2.49. The smallest absolute Gasteiger partial charge is 0.242 e. The second-order valence-electron chi connectivity index (χ2n) is 5.17. The number of nitrogen functional groups attached to an aromatic ring is 1. The molecule has 1 fully saturated rings. The van der Waals surface area contributed by atoms with Gasteiger partial charge in [0.05, 0.1) is 6.61 Å². The number of rotatable bonds is 6. The zero-order valence-electron chi connectivity index (χ0n) is 12.3. The van der Waals surface area contributed by atoms with Gasteiger partial charge in [0.2, 0.25) is 5.88 Å². The molecule has 0 amide bonds. The second kappa shape index (κ2) is 7.28. The fourth-order valence-corrected chi connectivity index (χ4v) is 2.36. The predicted octanol–water partition coefficient (Wildman–Crippen LogP) is 2.07. The molecule has 3 N–H and O–H groups in total. The van der Waals surface area contributed by atoms with Crippen molar-refractivity contribution in [3.8, 4) is 5.88 Å². The van der Waals surface area contributed by atoms with Crippen molar-refractivity contribution >= 4 is 11.5 Å². The molecule has 6 heteroatoms. The molecular formula is C14H24N4O2. The molecule has 20 heavy (non-hydrogen) atoms. The van der Waals surface area contributed by atoms with Crippen molar-refractivity contribution in [3.63, 3.8) is 0 Å². The highest BCUT2D eigenvalue weighted by Crippen LogP contribution is 2.28. The molecule has 6 nitrogen and oxygen atoms in total. The Bertz CT molecular complexity index is 422. The van der Waals surface area contributed by atoms with Crippen LogP contribution < -0.4 is 15.8 Å². The summed E-state index contributed by atoms with van der Waals surface area (Å²) in [5.74, 6) is 1.70. The van der Waals surface area contributed by atoms with Crippen LogP contribution in [-0.2, 0) is 4.74 Å². The molecule has 0 saturated carbocycles. The summed E-state index contributed by atoms with van der Waals surface area (Å²) < 4.78 is 10.9. The Labute approximate surface area is 120 Å². The van der Waals surface area contributed by atoms with Crippen LogP contribution >= 0.6 is 0 Å². The molecule has 0 bridgehead atoms. The highest BCUT2D eigenvalue weighted by Gasteiger charge is 2.22. The van der Waals surface area contributed by atoms with Gasteiger partial charge in [0.15, 0.2) is 5.82 Å². The Morgan fingerprint density at radius 3 is 2.90 bits per heavy atom. The van der Waals surface area contributed by atoms with Gasteiger partial charge in [0.25, 0.3) is 0 Å². The number of nitrogens with two attached hydrogens (primary N) is 1. The van der Waals surface area contributed by atoms with E-state index in [1.807, 2.05) is 6.92 Å². The van der Waals surface area contributed by atoms with E-state index in [1.165, 1.54) is 6.33 Å². The molecule has 1 aliphatic heterocycles. The van der Waals surface area contributed by atoms with Crippen LogP contribution in [0.2, 0.25) is 0 Å². The number of anilines is 2. The lowest BCUT2D eigenvalue weighted by atomic mass is 9.93. The largest absolute Gasteiger partial charge is 0.476 e. The van der Waals surface area contributed by atoms with Crippen molar-refractivity contribution in [3.05, 3.63) is 6.33 Å². The van der Waals surface area contributed by atoms with Gasteiger partial charge in [-0.05, 0) is 32.1 Å². The van der Waals surface area contributed by atoms with Gasteiger partial charge in [-0.15, -0.1) is 0 Å².